The molecule has 5 heteroatoms. The van der Waals surface area contributed by atoms with Crippen molar-refractivity contribution in [3.05, 3.63) is 34.7 Å². The quantitative estimate of drug-likeness (QED) is 0.869. The van der Waals surface area contributed by atoms with Crippen LogP contribution in [-0.2, 0) is 12.6 Å². The molecule has 1 aromatic carbocycles. The van der Waals surface area contributed by atoms with Gasteiger partial charge in [0.05, 0.1) is 11.7 Å². The number of fused-ring (bicyclic) bond motifs is 1. The third kappa shape index (κ3) is 2.61. The molecule has 0 saturated carbocycles. The number of alkyl halides is 3. The Bertz CT molecular complexity index is 528. The molecule has 2 aromatic rings. The van der Waals surface area contributed by atoms with Gasteiger partial charge in [-0.2, -0.15) is 13.2 Å². The Balaban J connectivity index is 2.53. The van der Waals surface area contributed by atoms with Crippen LogP contribution in [0.2, 0.25) is 0 Å². The molecule has 1 unspecified atom stereocenters. The van der Waals surface area contributed by atoms with E-state index in [1.54, 1.807) is 19.1 Å². The van der Waals surface area contributed by atoms with E-state index in [4.69, 9.17) is 0 Å². The van der Waals surface area contributed by atoms with Crippen LogP contribution in [-0.4, -0.2) is 11.2 Å². The third-order valence-electron chi connectivity index (χ3n) is 2.40. The van der Waals surface area contributed by atoms with Gasteiger partial charge in [0.2, 0.25) is 0 Å². The molecule has 1 aromatic heterocycles. The van der Waals surface area contributed by atoms with E-state index in [9.17, 15) is 18.3 Å². The number of hydrogen-bond donors (Lipinski definition) is 1. The van der Waals surface area contributed by atoms with Crippen molar-refractivity contribution in [3.63, 3.8) is 0 Å². The van der Waals surface area contributed by atoms with Crippen LogP contribution in [0.5, 0.6) is 0 Å². The van der Waals surface area contributed by atoms with Gasteiger partial charge in [-0.1, -0.05) is 12.1 Å². The molecule has 92 valence electrons. The lowest BCUT2D eigenvalue weighted by atomic mass is 10.1. The van der Waals surface area contributed by atoms with E-state index in [2.05, 4.69) is 0 Å². The summed E-state index contributed by atoms with van der Waals surface area (Å²) in [5.41, 5.74) is -0.600. The van der Waals surface area contributed by atoms with Gasteiger partial charge in [0, 0.05) is 16.0 Å². The fourth-order valence-electron chi connectivity index (χ4n) is 1.73. The van der Waals surface area contributed by atoms with Crippen molar-refractivity contribution in [2.45, 2.75) is 25.6 Å². The van der Waals surface area contributed by atoms with Crippen LogP contribution in [0.25, 0.3) is 10.1 Å². The molecule has 0 aliphatic carbocycles. The number of hydrogen-bond acceptors (Lipinski definition) is 2. The van der Waals surface area contributed by atoms with Gasteiger partial charge in [0.15, 0.2) is 0 Å². The zero-order valence-electron chi connectivity index (χ0n) is 9.08. The first kappa shape index (κ1) is 12.4. The maximum absolute atomic E-state index is 12.7. The molecule has 1 nitrogen and oxygen atoms in total. The highest BCUT2D eigenvalue weighted by Gasteiger charge is 2.33. The molecule has 0 radical (unpaired) electrons. The van der Waals surface area contributed by atoms with Crippen LogP contribution in [0.4, 0.5) is 13.2 Å². The van der Waals surface area contributed by atoms with Crippen molar-refractivity contribution >= 4 is 21.4 Å². The average Bonchev–Trinajstić information content (AvgIpc) is 2.55. The van der Waals surface area contributed by atoms with Crippen molar-refractivity contribution in [2.24, 2.45) is 0 Å². The van der Waals surface area contributed by atoms with Crippen LogP contribution >= 0.6 is 11.3 Å². The second-order valence-electron chi connectivity index (χ2n) is 3.99. The molecule has 2 rings (SSSR count). The van der Waals surface area contributed by atoms with E-state index in [0.717, 1.165) is 22.3 Å². The van der Waals surface area contributed by atoms with Gasteiger partial charge in [0.25, 0.3) is 0 Å². The molecule has 0 spiro atoms. The Kier molecular flexibility index (Phi) is 3.14. The Labute approximate surface area is 101 Å². The highest BCUT2D eigenvalue weighted by molar-refractivity contribution is 7.19. The maximum atomic E-state index is 12.7. The summed E-state index contributed by atoms with van der Waals surface area (Å²) in [7, 11) is 0. The average molecular weight is 260 g/mol. The van der Waals surface area contributed by atoms with Crippen LogP contribution in [0.3, 0.4) is 0 Å². The predicted molar refractivity (Wildman–Crippen MR) is 62.2 cm³/mol. The Hall–Kier alpha value is -1.07. The molecule has 1 N–H and O–H groups in total. The van der Waals surface area contributed by atoms with Crippen LogP contribution in [0.15, 0.2) is 24.3 Å². The number of halogens is 3. The van der Waals surface area contributed by atoms with Crippen molar-refractivity contribution in [1.29, 1.82) is 0 Å². The normalized spacial score (nSPS) is 14.2. The summed E-state index contributed by atoms with van der Waals surface area (Å²) in [4.78, 5) is 0.770. The molecule has 0 saturated heterocycles. The molecule has 0 aliphatic rings. The third-order valence-corrected chi connectivity index (χ3v) is 3.60. The van der Waals surface area contributed by atoms with Crippen LogP contribution < -0.4 is 0 Å². The molecule has 0 bridgehead atoms. The highest BCUT2D eigenvalue weighted by Crippen LogP contribution is 2.38. The molecular weight excluding hydrogens is 249 g/mol. The molecule has 17 heavy (non-hydrogen) atoms. The van der Waals surface area contributed by atoms with Gasteiger partial charge in [0.1, 0.15) is 0 Å². The summed E-state index contributed by atoms with van der Waals surface area (Å²) >= 11 is 1.10. The van der Waals surface area contributed by atoms with Crippen molar-refractivity contribution in [3.8, 4) is 0 Å². The summed E-state index contributed by atoms with van der Waals surface area (Å²) in [5.74, 6) is 0. The number of aliphatic hydroxyl groups excluding tert-OH is 1. The van der Waals surface area contributed by atoms with Crippen LogP contribution in [0, 0.1) is 0 Å². The van der Waals surface area contributed by atoms with Gasteiger partial charge in [-0.3, -0.25) is 0 Å². The zero-order valence-corrected chi connectivity index (χ0v) is 9.90. The fraction of sp³-hybridized carbons (Fsp3) is 0.333. The van der Waals surface area contributed by atoms with E-state index >= 15 is 0 Å². The Morgan fingerprint density at radius 2 is 2.06 bits per heavy atom. The van der Waals surface area contributed by atoms with Gasteiger partial charge >= 0.3 is 6.18 Å². The minimum absolute atomic E-state index is 0.246. The molecule has 0 fully saturated rings. The second kappa shape index (κ2) is 4.31. The zero-order chi connectivity index (χ0) is 12.6. The molecule has 1 atom stereocenters. The predicted octanol–water partition coefficient (Wildman–Crippen LogP) is 3.84. The maximum Gasteiger partial charge on any atom is 0.417 e. The number of rotatable bonds is 2. The molecular formula is C12H11F3OS. The fourth-order valence-corrected chi connectivity index (χ4v) is 3.04. The van der Waals surface area contributed by atoms with E-state index in [1.807, 2.05) is 0 Å². The monoisotopic (exact) mass is 260 g/mol. The summed E-state index contributed by atoms with van der Waals surface area (Å²) in [6.45, 7) is 1.62. The first-order valence-electron chi connectivity index (χ1n) is 5.14. The summed E-state index contributed by atoms with van der Waals surface area (Å²) < 4.78 is 38.5. The van der Waals surface area contributed by atoms with E-state index < -0.39 is 17.8 Å². The number of aliphatic hydroxyl groups is 1. The Morgan fingerprint density at radius 3 is 2.65 bits per heavy atom. The van der Waals surface area contributed by atoms with Crippen molar-refractivity contribution < 1.29 is 18.3 Å². The molecule has 0 amide bonds. The van der Waals surface area contributed by atoms with Crippen molar-refractivity contribution in [2.75, 3.05) is 0 Å². The second-order valence-corrected chi connectivity index (χ2v) is 5.12. The first-order valence-corrected chi connectivity index (χ1v) is 5.96. The largest absolute Gasteiger partial charge is 0.417 e. The highest BCUT2D eigenvalue weighted by atomic mass is 32.1. The number of benzene rings is 1. The van der Waals surface area contributed by atoms with Crippen LogP contribution in [0.1, 0.15) is 17.4 Å². The van der Waals surface area contributed by atoms with Gasteiger partial charge in [-0.15, -0.1) is 11.3 Å². The minimum Gasteiger partial charge on any atom is -0.393 e. The van der Waals surface area contributed by atoms with E-state index in [0.29, 0.717) is 11.8 Å². The van der Waals surface area contributed by atoms with Gasteiger partial charge in [-0.05, 0) is 24.4 Å². The van der Waals surface area contributed by atoms with E-state index in [-0.39, 0.29) is 4.70 Å². The number of thiophene rings is 1. The van der Waals surface area contributed by atoms with E-state index in [1.165, 1.54) is 6.07 Å². The lowest BCUT2D eigenvalue weighted by molar-refractivity contribution is -0.136. The van der Waals surface area contributed by atoms with Gasteiger partial charge in [-0.25, -0.2) is 0 Å². The van der Waals surface area contributed by atoms with Gasteiger partial charge < -0.3 is 5.11 Å². The summed E-state index contributed by atoms with van der Waals surface area (Å²) in [5, 5.41) is 9.83. The first-order chi connectivity index (χ1) is 7.88. The molecule has 0 aliphatic heterocycles. The summed E-state index contributed by atoms with van der Waals surface area (Å²) in [6.07, 6.45) is -4.49. The lowest BCUT2D eigenvalue weighted by Crippen LogP contribution is -2.04. The standard InChI is InChI=1S/C12H11F3OS/c1-7(16)5-9-6-8-3-2-4-10(11(8)17-9)12(13,14)15/h2-4,6-7,16H,5H2,1H3. The Morgan fingerprint density at radius 1 is 1.35 bits per heavy atom. The lowest BCUT2D eigenvalue weighted by Gasteiger charge is -2.06. The van der Waals surface area contributed by atoms with Crippen molar-refractivity contribution in [1.82, 2.24) is 0 Å². The smallest absolute Gasteiger partial charge is 0.393 e. The SMILES string of the molecule is CC(O)Cc1cc2cccc(C(F)(F)F)c2s1. The molecule has 1 heterocycles. The summed E-state index contributed by atoms with van der Waals surface area (Å²) in [6, 6.07) is 5.86. The topological polar surface area (TPSA) is 20.2 Å². The minimum atomic E-state index is -4.33.